The lowest BCUT2D eigenvalue weighted by molar-refractivity contribution is -0.704. The van der Waals surface area contributed by atoms with Crippen LogP contribution in [0.3, 0.4) is 0 Å². The molecule has 3 rings (SSSR count). The SMILES string of the molecule is CCCCCCCn1c2c([n+](CCCCCCC)c1C)C(=O)c1ccccc1C2=O. The number of nitrogens with zero attached hydrogens (tertiary/aromatic N) is 2. The van der Waals surface area contributed by atoms with Crippen molar-refractivity contribution in [2.75, 3.05) is 0 Å². The van der Waals surface area contributed by atoms with Crippen molar-refractivity contribution < 1.29 is 14.2 Å². The van der Waals surface area contributed by atoms with Crippen LogP contribution in [0.25, 0.3) is 0 Å². The smallest absolute Gasteiger partial charge is 0.254 e. The third-order valence-electron chi connectivity index (χ3n) is 6.36. The number of aromatic nitrogens is 2. The number of hydrogen-bond acceptors (Lipinski definition) is 2. The molecule has 0 unspecified atom stereocenters. The summed E-state index contributed by atoms with van der Waals surface area (Å²) in [6.45, 7) is 8.13. The van der Waals surface area contributed by atoms with E-state index in [1.807, 2.05) is 12.1 Å². The summed E-state index contributed by atoms with van der Waals surface area (Å²) in [6.07, 6.45) is 11.8. The summed E-state index contributed by atoms with van der Waals surface area (Å²) in [5.41, 5.74) is 2.32. The molecule has 0 saturated heterocycles. The molecule has 2 aromatic rings. The Bertz CT molecular complexity index is 824. The van der Waals surface area contributed by atoms with Crippen LogP contribution in [0, 0.1) is 6.92 Å². The molecule has 0 fully saturated rings. The van der Waals surface area contributed by atoms with Gasteiger partial charge in [-0.2, -0.15) is 0 Å². The Hall–Kier alpha value is -2.23. The van der Waals surface area contributed by atoms with Gasteiger partial charge in [0, 0.05) is 18.1 Å². The summed E-state index contributed by atoms with van der Waals surface area (Å²) >= 11 is 0. The molecule has 30 heavy (non-hydrogen) atoms. The van der Waals surface area contributed by atoms with Gasteiger partial charge in [-0.3, -0.25) is 9.59 Å². The number of unbranched alkanes of at least 4 members (excludes halogenated alkanes) is 8. The molecular formula is C26H37N2O2+. The molecule has 0 N–H and O–H groups in total. The van der Waals surface area contributed by atoms with Gasteiger partial charge in [0.2, 0.25) is 23.0 Å². The van der Waals surface area contributed by atoms with Gasteiger partial charge in [-0.15, -0.1) is 0 Å². The maximum absolute atomic E-state index is 13.4. The average Bonchev–Trinajstić information content (AvgIpc) is 3.04. The summed E-state index contributed by atoms with van der Waals surface area (Å²) in [5, 5.41) is 0. The lowest BCUT2D eigenvalue weighted by atomic mass is 9.90. The zero-order valence-corrected chi connectivity index (χ0v) is 19.0. The minimum absolute atomic E-state index is 0.00147. The van der Waals surface area contributed by atoms with Gasteiger partial charge < -0.3 is 0 Å². The van der Waals surface area contributed by atoms with Gasteiger partial charge in [0.05, 0.1) is 13.1 Å². The van der Waals surface area contributed by atoms with E-state index in [2.05, 4.69) is 29.9 Å². The lowest BCUT2D eigenvalue weighted by Gasteiger charge is -2.13. The van der Waals surface area contributed by atoms with Gasteiger partial charge >= 0.3 is 0 Å². The number of benzene rings is 1. The highest BCUT2D eigenvalue weighted by Gasteiger charge is 2.42. The van der Waals surface area contributed by atoms with Crippen LogP contribution in [0.5, 0.6) is 0 Å². The number of imidazole rings is 1. The van der Waals surface area contributed by atoms with Crippen LogP contribution in [0.2, 0.25) is 0 Å². The molecule has 4 heteroatoms. The Morgan fingerprint density at radius 2 is 1.33 bits per heavy atom. The highest BCUT2D eigenvalue weighted by Crippen LogP contribution is 2.27. The van der Waals surface area contributed by atoms with E-state index in [0.717, 1.165) is 44.6 Å². The van der Waals surface area contributed by atoms with E-state index in [-0.39, 0.29) is 11.6 Å². The summed E-state index contributed by atoms with van der Waals surface area (Å²) in [6, 6.07) is 7.28. The number of carbonyl (C=O) groups excluding carboxylic acids is 2. The Morgan fingerprint density at radius 3 is 1.97 bits per heavy atom. The van der Waals surface area contributed by atoms with Gasteiger partial charge in [0.25, 0.3) is 5.82 Å². The van der Waals surface area contributed by atoms with Crippen molar-refractivity contribution in [1.82, 2.24) is 4.57 Å². The lowest BCUT2D eigenvalue weighted by Crippen LogP contribution is -2.43. The van der Waals surface area contributed by atoms with Crippen LogP contribution in [-0.2, 0) is 13.1 Å². The minimum atomic E-state index is 0.00147. The van der Waals surface area contributed by atoms with Crippen molar-refractivity contribution in [3.63, 3.8) is 0 Å². The Kier molecular flexibility index (Phi) is 8.01. The molecule has 0 aliphatic heterocycles. The van der Waals surface area contributed by atoms with Crippen molar-refractivity contribution in [2.45, 2.75) is 98.1 Å². The molecule has 1 aromatic carbocycles. The third kappa shape index (κ3) is 4.58. The highest BCUT2D eigenvalue weighted by molar-refractivity contribution is 6.26. The quantitative estimate of drug-likeness (QED) is 0.280. The van der Waals surface area contributed by atoms with E-state index in [4.69, 9.17) is 0 Å². The van der Waals surface area contributed by atoms with Crippen molar-refractivity contribution >= 4 is 11.6 Å². The first-order chi connectivity index (χ1) is 14.6. The summed E-state index contributed by atoms with van der Waals surface area (Å²) in [5.74, 6) is 1.05. The second kappa shape index (κ2) is 10.7. The highest BCUT2D eigenvalue weighted by atomic mass is 16.1. The second-order valence-electron chi connectivity index (χ2n) is 8.58. The zero-order chi connectivity index (χ0) is 21.5. The van der Waals surface area contributed by atoms with E-state index in [1.165, 1.54) is 38.5 Å². The predicted molar refractivity (Wildman–Crippen MR) is 120 cm³/mol. The first-order valence-electron chi connectivity index (χ1n) is 11.9. The van der Waals surface area contributed by atoms with Crippen molar-refractivity contribution in [2.24, 2.45) is 0 Å². The van der Waals surface area contributed by atoms with Crippen LogP contribution in [0.15, 0.2) is 24.3 Å². The predicted octanol–water partition coefficient (Wildman–Crippen LogP) is 5.80. The van der Waals surface area contributed by atoms with Gasteiger partial charge in [-0.05, 0) is 25.7 Å². The van der Waals surface area contributed by atoms with Crippen molar-refractivity contribution in [3.05, 3.63) is 52.6 Å². The molecule has 0 bridgehead atoms. The monoisotopic (exact) mass is 409 g/mol. The van der Waals surface area contributed by atoms with E-state index in [1.54, 1.807) is 12.1 Å². The molecule has 0 spiro atoms. The van der Waals surface area contributed by atoms with Crippen LogP contribution >= 0.6 is 0 Å². The molecular weight excluding hydrogens is 372 g/mol. The normalized spacial score (nSPS) is 12.9. The fourth-order valence-electron chi connectivity index (χ4n) is 4.61. The number of ketones is 2. The second-order valence-corrected chi connectivity index (χ2v) is 8.58. The summed E-state index contributed by atoms with van der Waals surface area (Å²) in [7, 11) is 0. The van der Waals surface area contributed by atoms with E-state index in [0.29, 0.717) is 22.5 Å². The third-order valence-corrected chi connectivity index (χ3v) is 6.36. The molecule has 1 heterocycles. The van der Waals surface area contributed by atoms with Crippen LogP contribution in [-0.4, -0.2) is 16.1 Å². The van der Waals surface area contributed by atoms with Gasteiger partial charge in [-0.25, -0.2) is 9.13 Å². The van der Waals surface area contributed by atoms with E-state index < -0.39 is 0 Å². The molecule has 1 aliphatic carbocycles. The average molecular weight is 410 g/mol. The first-order valence-corrected chi connectivity index (χ1v) is 11.9. The Balaban J connectivity index is 1.91. The first kappa shape index (κ1) is 22.5. The van der Waals surface area contributed by atoms with Crippen LogP contribution in [0.4, 0.5) is 0 Å². The topological polar surface area (TPSA) is 43.0 Å². The standard InChI is InChI=1S/C26H37N2O2/c1-4-6-8-10-14-18-27-20(3)28(19-15-11-9-7-5-2)24-23(27)25(29)21-16-12-13-17-22(21)26(24)30/h12-13,16-17H,4-11,14-15,18-19H2,1-3H3/q+1. The molecule has 0 amide bonds. The van der Waals surface area contributed by atoms with Crippen LogP contribution in [0.1, 0.15) is 116 Å². The minimum Gasteiger partial charge on any atom is -0.284 e. The van der Waals surface area contributed by atoms with Crippen LogP contribution < -0.4 is 4.57 Å². The molecule has 1 aliphatic rings. The fourth-order valence-corrected chi connectivity index (χ4v) is 4.61. The molecule has 4 nitrogen and oxygen atoms in total. The summed E-state index contributed by atoms with van der Waals surface area (Å²) < 4.78 is 4.26. The summed E-state index contributed by atoms with van der Waals surface area (Å²) in [4.78, 5) is 26.8. The zero-order valence-electron chi connectivity index (χ0n) is 19.0. The van der Waals surface area contributed by atoms with Crippen molar-refractivity contribution in [1.29, 1.82) is 0 Å². The van der Waals surface area contributed by atoms with Gasteiger partial charge in [0.1, 0.15) is 0 Å². The maximum Gasteiger partial charge on any atom is 0.254 e. The molecule has 1 aromatic heterocycles. The largest absolute Gasteiger partial charge is 0.284 e. The van der Waals surface area contributed by atoms with E-state index in [9.17, 15) is 9.59 Å². The van der Waals surface area contributed by atoms with Crippen molar-refractivity contribution in [3.8, 4) is 0 Å². The maximum atomic E-state index is 13.4. The van der Waals surface area contributed by atoms with Gasteiger partial charge in [-0.1, -0.05) is 76.6 Å². The molecule has 162 valence electrons. The number of hydrogen-bond donors (Lipinski definition) is 0. The number of carbonyl (C=O) groups is 2. The Morgan fingerprint density at radius 1 is 0.767 bits per heavy atom. The number of fused-ring (bicyclic) bond motifs is 2. The molecule has 0 saturated carbocycles. The molecule has 0 radical (unpaired) electrons. The van der Waals surface area contributed by atoms with Gasteiger partial charge in [0.15, 0.2) is 0 Å². The molecule has 0 atom stereocenters. The fraction of sp³-hybridized carbons (Fsp3) is 0.577. The number of rotatable bonds is 12. The Labute approximate surface area is 181 Å². The van der Waals surface area contributed by atoms with E-state index >= 15 is 0 Å².